The maximum atomic E-state index is 12.2. The van der Waals surface area contributed by atoms with Crippen molar-refractivity contribution in [2.45, 2.75) is 12.8 Å². The Labute approximate surface area is 113 Å². The highest BCUT2D eigenvalue weighted by molar-refractivity contribution is 7.92. The van der Waals surface area contributed by atoms with Crippen molar-refractivity contribution in [3.8, 4) is 0 Å². The molecule has 6 heteroatoms. The minimum atomic E-state index is -3.28. The van der Waals surface area contributed by atoms with E-state index in [0.29, 0.717) is 11.3 Å². The summed E-state index contributed by atoms with van der Waals surface area (Å²) in [6, 6.07) is 6.57. The largest absolute Gasteiger partial charge is 0.316 e. The lowest BCUT2D eigenvalue weighted by atomic mass is 9.91. The van der Waals surface area contributed by atoms with Crippen molar-refractivity contribution in [3.05, 3.63) is 29.8 Å². The van der Waals surface area contributed by atoms with Crippen LogP contribution in [-0.2, 0) is 10.0 Å². The van der Waals surface area contributed by atoms with Gasteiger partial charge in [-0.2, -0.15) is 0 Å². The van der Waals surface area contributed by atoms with Gasteiger partial charge >= 0.3 is 0 Å². The number of carbonyl (C=O) groups is 1. The van der Waals surface area contributed by atoms with Gasteiger partial charge in [-0.3, -0.25) is 9.52 Å². The predicted octanol–water partition coefficient (Wildman–Crippen LogP) is 1.24. The fourth-order valence-electron chi connectivity index (χ4n) is 2.23. The minimum Gasteiger partial charge on any atom is -0.316 e. The predicted molar refractivity (Wildman–Crippen MR) is 74.8 cm³/mol. The van der Waals surface area contributed by atoms with Gasteiger partial charge in [-0.15, -0.1) is 0 Å². The average molecular weight is 282 g/mol. The maximum Gasteiger partial charge on any atom is 0.229 e. The summed E-state index contributed by atoms with van der Waals surface area (Å²) in [4.78, 5) is 12.2. The number of sulfonamides is 1. The smallest absolute Gasteiger partial charge is 0.229 e. The lowest BCUT2D eigenvalue weighted by Crippen LogP contribution is -2.34. The molecule has 1 aliphatic rings. The summed E-state index contributed by atoms with van der Waals surface area (Å²) < 4.78 is 24.5. The van der Waals surface area contributed by atoms with Crippen molar-refractivity contribution in [1.82, 2.24) is 5.32 Å². The Kier molecular flexibility index (Phi) is 4.21. The van der Waals surface area contributed by atoms with E-state index in [1.54, 1.807) is 24.3 Å². The van der Waals surface area contributed by atoms with Crippen LogP contribution in [0.5, 0.6) is 0 Å². The van der Waals surface area contributed by atoms with Crippen LogP contribution in [0.2, 0.25) is 0 Å². The number of carbonyl (C=O) groups excluding carboxylic acids is 1. The highest BCUT2D eigenvalue weighted by atomic mass is 32.2. The summed E-state index contributed by atoms with van der Waals surface area (Å²) in [5.41, 5.74) is 1.11. The van der Waals surface area contributed by atoms with Crippen molar-refractivity contribution >= 4 is 21.5 Å². The number of rotatable bonds is 4. The zero-order chi connectivity index (χ0) is 13.9. The molecule has 104 valence electrons. The number of piperidine rings is 1. The van der Waals surface area contributed by atoms with Gasteiger partial charge in [-0.1, -0.05) is 0 Å². The van der Waals surface area contributed by atoms with Gasteiger partial charge in [0.2, 0.25) is 10.0 Å². The fourth-order valence-corrected chi connectivity index (χ4v) is 2.79. The third kappa shape index (κ3) is 4.04. The summed E-state index contributed by atoms with van der Waals surface area (Å²) in [7, 11) is -3.28. The van der Waals surface area contributed by atoms with Crippen LogP contribution in [-0.4, -0.2) is 33.5 Å². The van der Waals surface area contributed by atoms with Crippen molar-refractivity contribution in [2.75, 3.05) is 24.1 Å². The normalized spacial score (nSPS) is 19.9. The molecule has 1 aromatic rings. The molecule has 0 amide bonds. The van der Waals surface area contributed by atoms with Gasteiger partial charge in [0.1, 0.15) is 0 Å². The summed E-state index contributed by atoms with van der Waals surface area (Å²) in [5.74, 6) is 0.153. The standard InChI is InChI=1S/C13H18N2O3S/c1-19(17,18)15-12-6-4-10(5-7-12)13(16)11-3-2-8-14-9-11/h4-7,11,14-15H,2-3,8-9H2,1H3. The highest BCUT2D eigenvalue weighted by Gasteiger charge is 2.21. The van der Waals surface area contributed by atoms with Crippen molar-refractivity contribution in [1.29, 1.82) is 0 Å². The summed E-state index contributed by atoms with van der Waals surface area (Å²) in [6.07, 6.45) is 3.03. The molecule has 2 N–H and O–H groups in total. The van der Waals surface area contributed by atoms with E-state index < -0.39 is 10.0 Å². The lowest BCUT2D eigenvalue weighted by molar-refractivity contribution is 0.0899. The molecule has 0 saturated carbocycles. The number of Topliss-reactive ketones (excluding diaryl/α,β-unsaturated/α-hetero) is 1. The molecular formula is C13H18N2O3S. The first-order valence-electron chi connectivity index (χ1n) is 6.28. The molecule has 19 heavy (non-hydrogen) atoms. The van der Waals surface area contributed by atoms with Gasteiger partial charge in [0.25, 0.3) is 0 Å². The third-order valence-corrected chi connectivity index (χ3v) is 3.75. The van der Waals surface area contributed by atoms with Gasteiger partial charge in [0.05, 0.1) is 6.26 Å². The number of anilines is 1. The first kappa shape index (κ1) is 14.0. The fraction of sp³-hybridized carbons (Fsp3) is 0.462. The number of benzene rings is 1. The van der Waals surface area contributed by atoms with Gasteiger partial charge in [-0.05, 0) is 43.7 Å². The van der Waals surface area contributed by atoms with Crippen molar-refractivity contribution < 1.29 is 13.2 Å². The van der Waals surface area contributed by atoms with Gasteiger partial charge in [0.15, 0.2) is 5.78 Å². The van der Waals surface area contributed by atoms with E-state index in [9.17, 15) is 13.2 Å². The second kappa shape index (κ2) is 5.71. The highest BCUT2D eigenvalue weighted by Crippen LogP contribution is 2.18. The Morgan fingerprint density at radius 3 is 2.53 bits per heavy atom. The third-order valence-electron chi connectivity index (χ3n) is 3.14. The Morgan fingerprint density at radius 1 is 1.32 bits per heavy atom. The second-order valence-corrected chi connectivity index (χ2v) is 6.61. The molecule has 0 aliphatic carbocycles. The van der Waals surface area contributed by atoms with Gasteiger partial charge in [-0.25, -0.2) is 8.42 Å². The van der Waals surface area contributed by atoms with E-state index in [1.807, 2.05) is 0 Å². The van der Waals surface area contributed by atoms with Gasteiger partial charge < -0.3 is 5.32 Å². The average Bonchev–Trinajstić information content (AvgIpc) is 2.38. The summed E-state index contributed by atoms with van der Waals surface area (Å²) >= 11 is 0. The van der Waals surface area contributed by atoms with E-state index in [0.717, 1.165) is 32.2 Å². The molecule has 1 fully saturated rings. The topological polar surface area (TPSA) is 75.3 Å². The molecular weight excluding hydrogens is 264 g/mol. The number of ketones is 1. The SMILES string of the molecule is CS(=O)(=O)Nc1ccc(C(=O)C2CCCNC2)cc1. The van der Waals surface area contributed by atoms with E-state index in [1.165, 1.54) is 0 Å². The summed E-state index contributed by atoms with van der Waals surface area (Å²) in [6.45, 7) is 1.70. The van der Waals surface area contributed by atoms with E-state index in [-0.39, 0.29) is 11.7 Å². The molecule has 1 saturated heterocycles. The van der Waals surface area contributed by atoms with E-state index >= 15 is 0 Å². The number of hydrogen-bond donors (Lipinski definition) is 2. The first-order valence-corrected chi connectivity index (χ1v) is 8.17. The van der Waals surface area contributed by atoms with Crippen LogP contribution in [0.4, 0.5) is 5.69 Å². The lowest BCUT2D eigenvalue weighted by Gasteiger charge is -2.21. The van der Waals surface area contributed by atoms with Crippen molar-refractivity contribution in [2.24, 2.45) is 5.92 Å². The van der Waals surface area contributed by atoms with Crippen LogP contribution in [0.1, 0.15) is 23.2 Å². The Hall–Kier alpha value is -1.40. The number of hydrogen-bond acceptors (Lipinski definition) is 4. The molecule has 0 bridgehead atoms. The van der Waals surface area contributed by atoms with Crippen LogP contribution in [0.25, 0.3) is 0 Å². The molecule has 1 aliphatic heterocycles. The van der Waals surface area contributed by atoms with E-state index in [4.69, 9.17) is 0 Å². The molecule has 1 heterocycles. The van der Waals surface area contributed by atoms with Crippen LogP contribution in [0.15, 0.2) is 24.3 Å². The minimum absolute atomic E-state index is 0.0301. The first-order chi connectivity index (χ1) is 8.96. The Balaban J connectivity index is 2.07. The quantitative estimate of drug-likeness (QED) is 0.815. The van der Waals surface area contributed by atoms with Crippen molar-refractivity contribution in [3.63, 3.8) is 0 Å². The van der Waals surface area contributed by atoms with Crippen LogP contribution < -0.4 is 10.0 Å². The van der Waals surface area contributed by atoms with Gasteiger partial charge in [0, 0.05) is 23.7 Å². The monoisotopic (exact) mass is 282 g/mol. The maximum absolute atomic E-state index is 12.2. The molecule has 1 unspecified atom stereocenters. The Bertz CT molecular complexity index is 546. The Morgan fingerprint density at radius 2 is 2.00 bits per heavy atom. The second-order valence-electron chi connectivity index (χ2n) is 4.86. The molecule has 2 rings (SSSR count). The molecule has 1 atom stereocenters. The summed E-state index contributed by atoms with van der Waals surface area (Å²) in [5, 5.41) is 3.22. The van der Waals surface area contributed by atoms with Crippen LogP contribution in [0.3, 0.4) is 0 Å². The molecule has 0 spiro atoms. The molecule has 0 radical (unpaired) electrons. The zero-order valence-corrected chi connectivity index (χ0v) is 11.7. The molecule has 5 nitrogen and oxygen atoms in total. The molecule has 1 aromatic carbocycles. The van der Waals surface area contributed by atoms with Crippen LogP contribution in [0, 0.1) is 5.92 Å². The van der Waals surface area contributed by atoms with Crippen LogP contribution >= 0.6 is 0 Å². The number of nitrogens with one attached hydrogen (secondary N) is 2. The van der Waals surface area contributed by atoms with E-state index in [2.05, 4.69) is 10.0 Å². The zero-order valence-electron chi connectivity index (χ0n) is 10.8. The molecule has 0 aromatic heterocycles.